The summed E-state index contributed by atoms with van der Waals surface area (Å²) in [6.45, 7) is 3.66. The summed E-state index contributed by atoms with van der Waals surface area (Å²) < 4.78 is 5.42. The zero-order valence-electron chi connectivity index (χ0n) is 16.8. The number of hydrogen-bond donors (Lipinski definition) is 2. The minimum absolute atomic E-state index is 0.0332. The Labute approximate surface area is 169 Å². The van der Waals surface area contributed by atoms with Crippen molar-refractivity contribution in [2.24, 2.45) is 11.8 Å². The van der Waals surface area contributed by atoms with Crippen LogP contribution in [0.3, 0.4) is 0 Å². The van der Waals surface area contributed by atoms with Crippen LogP contribution in [-0.2, 0) is 19.2 Å². The van der Waals surface area contributed by atoms with Gasteiger partial charge in [-0.1, -0.05) is 18.9 Å². The maximum atomic E-state index is 12.4. The molecule has 0 radical (unpaired) electrons. The van der Waals surface area contributed by atoms with E-state index in [4.69, 9.17) is 4.74 Å². The highest BCUT2D eigenvalue weighted by Gasteiger charge is 2.47. The first-order valence-corrected chi connectivity index (χ1v) is 9.99. The van der Waals surface area contributed by atoms with E-state index in [0.29, 0.717) is 5.75 Å². The van der Waals surface area contributed by atoms with Gasteiger partial charge in [-0.15, -0.1) is 0 Å². The van der Waals surface area contributed by atoms with Crippen molar-refractivity contribution >= 4 is 23.6 Å². The number of hydrazine groups is 1. The summed E-state index contributed by atoms with van der Waals surface area (Å²) in [7, 11) is 0. The Kier molecular flexibility index (Phi) is 6.51. The van der Waals surface area contributed by atoms with Gasteiger partial charge in [-0.05, 0) is 49.9 Å². The van der Waals surface area contributed by atoms with Gasteiger partial charge in [0.1, 0.15) is 5.75 Å². The molecule has 8 heteroatoms. The molecule has 1 heterocycles. The van der Waals surface area contributed by atoms with Crippen LogP contribution in [0, 0.1) is 25.7 Å². The van der Waals surface area contributed by atoms with E-state index in [1.807, 2.05) is 32.0 Å². The second kappa shape index (κ2) is 9.07. The fourth-order valence-electron chi connectivity index (χ4n) is 4.07. The summed E-state index contributed by atoms with van der Waals surface area (Å²) in [5, 5.41) is 0. The van der Waals surface area contributed by atoms with Gasteiger partial charge in [0.05, 0.1) is 11.8 Å². The maximum absolute atomic E-state index is 12.4. The second-order valence-corrected chi connectivity index (χ2v) is 7.78. The number of benzene rings is 1. The standard InChI is InChI=1S/C21H27N3O5/c1-13-9-14(2)11-15(10-13)29-12-19(26)23-22-18(25)7-8-24-20(27)16-5-3-4-6-17(16)21(24)28/h9-11,16-17H,3-8,12H2,1-2H3,(H,22,25)(H,23,26)/t16-,17-/m1/s1. The zero-order chi connectivity index (χ0) is 21.0. The highest BCUT2D eigenvalue weighted by Crippen LogP contribution is 2.37. The lowest BCUT2D eigenvalue weighted by molar-refractivity contribution is -0.140. The molecular formula is C21H27N3O5. The van der Waals surface area contributed by atoms with Crippen molar-refractivity contribution in [3.8, 4) is 5.75 Å². The fraction of sp³-hybridized carbons (Fsp3) is 0.524. The number of carbonyl (C=O) groups is 4. The number of nitrogens with one attached hydrogen (secondary N) is 2. The minimum atomic E-state index is -0.503. The molecule has 2 fully saturated rings. The average molecular weight is 401 g/mol. The predicted molar refractivity (Wildman–Crippen MR) is 104 cm³/mol. The number of amides is 4. The van der Waals surface area contributed by atoms with Gasteiger partial charge in [0.15, 0.2) is 6.61 Å². The molecule has 8 nitrogen and oxygen atoms in total. The molecular weight excluding hydrogens is 374 g/mol. The highest BCUT2D eigenvalue weighted by molar-refractivity contribution is 6.05. The Bertz CT molecular complexity index is 778. The third-order valence-corrected chi connectivity index (χ3v) is 5.40. The van der Waals surface area contributed by atoms with Crippen molar-refractivity contribution in [3.05, 3.63) is 29.3 Å². The van der Waals surface area contributed by atoms with Crippen LogP contribution in [0.2, 0.25) is 0 Å². The van der Waals surface area contributed by atoms with Crippen LogP contribution in [0.5, 0.6) is 5.75 Å². The topological polar surface area (TPSA) is 105 Å². The summed E-state index contributed by atoms with van der Waals surface area (Å²) in [5.74, 6) is -1.17. The summed E-state index contributed by atoms with van der Waals surface area (Å²) >= 11 is 0. The van der Waals surface area contributed by atoms with E-state index >= 15 is 0 Å². The molecule has 0 spiro atoms. The Balaban J connectivity index is 1.39. The number of imide groups is 1. The number of rotatable bonds is 6. The lowest BCUT2D eigenvalue weighted by Gasteiger charge is -2.19. The SMILES string of the molecule is Cc1cc(C)cc(OCC(=O)NNC(=O)CCN2C(=O)[C@@H]3CCCC[C@H]3C2=O)c1. The van der Waals surface area contributed by atoms with Crippen LogP contribution in [0.1, 0.15) is 43.2 Å². The predicted octanol–water partition coefficient (Wildman–Crippen LogP) is 1.39. The van der Waals surface area contributed by atoms with Crippen molar-refractivity contribution in [2.45, 2.75) is 46.0 Å². The van der Waals surface area contributed by atoms with Gasteiger partial charge in [0.2, 0.25) is 17.7 Å². The van der Waals surface area contributed by atoms with Gasteiger partial charge in [-0.3, -0.25) is 34.9 Å². The van der Waals surface area contributed by atoms with Crippen LogP contribution < -0.4 is 15.6 Å². The number of nitrogens with zero attached hydrogens (tertiary/aromatic N) is 1. The van der Waals surface area contributed by atoms with Crippen LogP contribution in [-0.4, -0.2) is 41.7 Å². The first kappa shape index (κ1) is 20.8. The van der Waals surface area contributed by atoms with Gasteiger partial charge >= 0.3 is 0 Å². The first-order chi connectivity index (χ1) is 13.8. The molecule has 1 aliphatic heterocycles. The van der Waals surface area contributed by atoms with Crippen molar-refractivity contribution in [2.75, 3.05) is 13.2 Å². The van der Waals surface area contributed by atoms with Crippen molar-refractivity contribution in [1.82, 2.24) is 15.8 Å². The molecule has 2 N–H and O–H groups in total. The molecule has 29 heavy (non-hydrogen) atoms. The smallest absolute Gasteiger partial charge is 0.276 e. The molecule has 1 aliphatic carbocycles. The summed E-state index contributed by atoms with van der Waals surface area (Å²) in [4.78, 5) is 49.8. The van der Waals surface area contributed by atoms with E-state index in [1.165, 1.54) is 4.90 Å². The zero-order valence-corrected chi connectivity index (χ0v) is 16.8. The number of carbonyl (C=O) groups excluding carboxylic acids is 4. The fourth-order valence-corrected chi connectivity index (χ4v) is 4.07. The number of hydrogen-bond acceptors (Lipinski definition) is 5. The molecule has 2 atom stereocenters. The van der Waals surface area contributed by atoms with E-state index in [1.54, 1.807) is 0 Å². The van der Waals surface area contributed by atoms with Crippen LogP contribution in [0.25, 0.3) is 0 Å². The molecule has 1 saturated carbocycles. The Morgan fingerprint density at radius 1 is 0.966 bits per heavy atom. The van der Waals surface area contributed by atoms with Gasteiger partial charge in [0, 0.05) is 13.0 Å². The Morgan fingerprint density at radius 2 is 1.52 bits per heavy atom. The molecule has 1 saturated heterocycles. The van der Waals surface area contributed by atoms with Crippen LogP contribution in [0.4, 0.5) is 0 Å². The van der Waals surface area contributed by atoms with E-state index in [9.17, 15) is 19.2 Å². The molecule has 1 aromatic carbocycles. The molecule has 0 bridgehead atoms. The monoisotopic (exact) mass is 401 g/mol. The highest BCUT2D eigenvalue weighted by atomic mass is 16.5. The van der Waals surface area contributed by atoms with Gasteiger partial charge < -0.3 is 4.74 Å². The van der Waals surface area contributed by atoms with E-state index in [2.05, 4.69) is 10.9 Å². The largest absolute Gasteiger partial charge is 0.484 e. The molecule has 4 amide bonds. The van der Waals surface area contributed by atoms with E-state index in [-0.39, 0.29) is 43.2 Å². The summed E-state index contributed by atoms with van der Waals surface area (Å²) in [6, 6.07) is 5.64. The second-order valence-electron chi connectivity index (χ2n) is 7.78. The number of ether oxygens (including phenoxy) is 1. The van der Waals surface area contributed by atoms with Gasteiger partial charge in [0.25, 0.3) is 5.91 Å². The molecule has 1 aromatic rings. The quantitative estimate of drug-likeness (QED) is 0.554. The Morgan fingerprint density at radius 3 is 2.10 bits per heavy atom. The number of fused-ring (bicyclic) bond motifs is 1. The lowest BCUT2D eigenvalue weighted by Crippen LogP contribution is -2.45. The minimum Gasteiger partial charge on any atom is -0.484 e. The van der Waals surface area contributed by atoms with Crippen LogP contribution in [0.15, 0.2) is 18.2 Å². The van der Waals surface area contributed by atoms with Crippen molar-refractivity contribution < 1.29 is 23.9 Å². The van der Waals surface area contributed by atoms with E-state index < -0.39 is 11.8 Å². The summed E-state index contributed by atoms with van der Waals surface area (Å²) in [6.07, 6.45) is 3.35. The van der Waals surface area contributed by atoms with Crippen molar-refractivity contribution in [1.29, 1.82) is 0 Å². The third kappa shape index (κ3) is 5.13. The normalized spacial score (nSPS) is 21.0. The molecule has 2 aliphatic rings. The number of aryl methyl sites for hydroxylation is 2. The molecule has 0 aromatic heterocycles. The molecule has 3 rings (SSSR count). The third-order valence-electron chi connectivity index (χ3n) is 5.40. The Hall–Kier alpha value is -2.90. The number of likely N-dealkylation sites (tertiary alicyclic amines) is 1. The van der Waals surface area contributed by atoms with Gasteiger partial charge in [-0.2, -0.15) is 0 Å². The van der Waals surface area contributed by atoms with Gasteiger partial charge in [-0.25, -0.2) is 0 Å². The maximum Gasteiger partial charge on any atom is 0.276 e. The van der Waals surface area contributed by atoms with E-state index in [0.717, 1.165) is 36.8 Å². The molecule has 156 valence electrons. The lowest BCUT2D eigenvalue weighted by atomic mass is 9.81. The van der Waals surface area contributed by atoms with Crippen LogP contribution >= 0.6 is 0 Å². The first-order valence-electron chi connectivity index (χ1n) is 9.99. The van der Waals surface area contributed by atoms with Crippen molar-refractivity contribution in [3.63, 3.8) is 0 Å². The summed E-state index contributed by atoms with van der Waals surface area (Å²) in [5.41, 5.74) is 6.62. The average Bonchev–Trinajstić information content (AvgIpc) is 2.93. The molecule has 0 unspecified atom stereocenters.